The van der Waals surface area contributed by atoms with Gasteiger partial charge in [0.15, 0.2) is 5.16 Å². The minimum atomic E-state index is -0.406. The molecule has 4 rings (SSSR count). The molecule has 0 bridgehead atoms. The highest BCUT2D eigenvalue weighted by molar-refractivity contribution is 7.99. The van der Waals surface area contributed by atoms with Crippen molar-refractivity contribution in [1.82, 2.24) is 14.5 Å². The molecule has 1 aliphatic rings. The molecular weight excluding hydrogens is 350 g/mol. The van der Waals surface area contributed by atoms with Crippen LogP contribution in [0.5, 0.6) is 5.88 Å². The van der Waals surface area contributed by atoms with Crippen molar-refractivity contribution in [3.8, 4) is 5.88 Å². The predicted molar refractivity (Wildman–Crippen MR) is 101 cm³/mol. The molecule has 0 unspecified atom stereocenters. The number of aryl methyl sites for hydroxylation is 1. The zero-order chi connectivity index (χ0) is 18.1. The lowest BCUT2D eigenvalue weighted by molar-refractivity contribution is 0.0912. The van der Waals surface area contributed by atoms with E-state index in [-0.39, 0.29) is 11.8 Å². The number of aromatic amines is 1. The van der Waals surface area contributed by atoms with Crippen molar-refractivity contribution >= 4 is 28.6 Å². The first kappa shape index (κ1) is 16.9. The SMILES string of the molecule is O=C(CCSc1nc(O)cc(=O)[nH]1)n1c2c(c3ccccc31)CCCC2. The van der Waals surface area contributed by atoms with Crippen molar-refractivity contribution in [1.29, 1.82) is 0 Å². The van der Waals surface area contributed by atoms with Crippen molar-refractivity contribution in [3.05, 3.63) is 51.9 Å². The van der Waals surface area contributed by atoms with E-state index in [0.29, 0.717) is 17.3 Å². The van der Waals surface area contributed by atoms with Gasteiger partial charge in [-0.1, -0.05) is 30.0 Å². The van der Waals surface area contributed by atoms with Crippen LogP contribution in [0.2, 0.25) is 0 Å². The Balaban J connectivity index is 1.56. The first-order chi connectivity index (χ1) is 12.6. The Labute approximate surface area is 154 Å². The van der Waals surface area contributed by atoms with Crippen LogP contribution in [0.3, 0.4) is 0 Å². The molecule has 1 aromatic carbocycles. The second kappa shape index (κ2) is 6.99. The van der Waals surface area contributed by atoms with Crippen LogP contribution in [-0.2, 0) is 12.8 Å². The van der Waals surface area contributed by atoms with Crippen LogP contribution in [0, 0.1) is 0 Å². The number of carbonyl (C=O) groups excluding carboxylic acids is 1. The maximum Gasteiger partial charge on any atom is 0.255 e. The molecule has 6 nitrogen and oxygen atoms in total. The number of nitrogens with one attached hydrogen (secondary N) is 1. The second-order valence-electron chi connectivity index (χ2n) is 6.39. The average Bonchev–Trinajstić information content (AvgIpc) is 2.95. The average molecular weight is 369 g/mol. The summed E-state index contributed by atoms with van der Waals surface area (Å²) in [5.74, 6) is 0.222. The highest BCUT2D eigenvalue weighted by Gasteiger charge is 2.22. The summed E-state index contributed by atoms with van der Waals surface area (Å²) in [6.45, 7) is 0. The Bertz CT molecular complexity index is 1040. The summed E-state index contributed by atoms with van der Waals surface area (Å²) in [4.78, 5) is 30.7. The largest absolute Gasteiger partial charge is 0.493 e. The molecule has 2 heterocycles. The van der Waals surface area contributed by atoms with Gasteiger partial charge in [-0.05, 0) is 37.3 Å². The predicted octanol–water partition coefficient (Wildman–Crippen LogP) is 3.13. The fourth-order valence-corrected chi connectivity index (χ4v) is 4.42. The minimum Gasteiger partial charge on any atom is -0.493 e. The molecule has 0 amide bonds. The van der Waals surface area contributed by atoms with Gasteiger partial charge in [0.25, 0.3) is 5.56 Å². The lowest BCUT2D eigenvalue weighted by Gasteiger charge is -2.15. The van der Waals surface area contributed by atoms with Crippen molar-refractivity contribution in [2.75, 3.05) is 5.75 Å². The van der Waals surface area contributed by atoms with E-state index in [2.05, 4.69) is 16.0 Å². The van der Waals surface area contributed by atoms with Gasteiger partial charge < -0.3 is 10.1 Å². The van der Waals surface area contributed by atoms with Crippen LogP contribution in [0.15, 0.2) is 40.3 Å². The third-order valence-electron chi connectivity index (χ3n) is 4.69. The van der Waals surface area contributed by atoms with E-state index in [4.69, 9.17) is 0 Å². The number of para-hydroxylation sites is 1. The zero-order valence-electron chi connectivity index (χ0n) is 14.2. The topological polar surface area (TPSA) is 88.0 Å². The fraction of sp³-hybridized carbons (Fsp3) is 0.316. The Morgan fingerprint density at radius 2 is 2.08 bits per heavy atom. The molecule has 0 fully saturated rings. The van der Waals surface area contributed by atoms with Gasteiger partial charge in [0.2, 0.25) is 11.8 Å². The Kier molecular flexibility index (Phi) is 4.55. The number of rotatable bonds is 4. The number of fused-ring (bicyclic) bond motifs is 3. The molecule has 0 saturated carbocycles. The van der Waals surface area contributed by atoms with Crippen LogP contribution in [0.25, 0.3) is 10.9 Å². The maximum atomic E-state index is 12.9. The number of hydrogen-bond acceptors (Lipinski definition) is 5. The minimum absolute atomic E-state index is 0.0550. The normalized spacial score (nSPS) is 13.7. The van der Waals surface area contributed by atoms with E-state index in [1.807, 2.05) is 22.8 Å². The number of thioether (sulfide) groups is 1. The summed E-state index contributed by atoms with van der Waals surface area (Å²) in [5, 5.41) is 10.9. The number of nitrogens with zero attached hydrogens (tertiary/aromatic N) is 2. The van der Waals surface area contributed by atoms with Crippen LogP contribution in [0.4, 0.5) is 0 Å². The van der Waals surface area contributed by atoms with Crippen molar-refractivity contribution in [2.24, 2.45) is 0 Å². The third kappa shape index (κ3) is 3.14. The first-order valence-electron chi connectivity index (χ1n) is 8.71. The summed E-state index contributed by atoms with van der Waals surface area (Å²) < 4.78 is 1.88. The molecule has 3 aromatic rings. The van der Waals surface area contributed by atoms with E-state index < -0.39 is 5.56 Å². The molecule has 26 heavy (non-hydrogen) atoms. The maximum absolute atomic E-state index is 12.9. The van der Waals surface area contributed by atoms with E-state index >= 15 is 0 Å². The number of aromatic hydroxyl groups is 1. The van der Waals surface area contributed by atoms with Crippen LogP contribution in [-0.4, -0.2) is 31.3 Å². The molecule has 7 heteroatoms. The summed E-state index contributed by atoms with van der Waals surface area (Å²) in [6.07, 6.45) is 4.57. The lowest BCUT2D eigenvalue weighted by atomic mass is 9.95. The molecule has 0 aliphatic heterocycles. The van der Waals surface area contributed by atoms with Crippen LogP contribution < -0.4 is 5.56 Å². The number of carbonyl (C=O) groups is 1. The molecule has 1 aliphatic carbocycles. The molecule has 2 aromatic heterocycles. The van der Waals surface area contributed by atoms with Gasteiger partial charge in [-0.15, -0.1) is 0 Å². The molecule has 2 N–H and O–H groups in total. The molecule has 0 atom stereocenters. The molecular formula is C19H19N3O3S. The molecule has 0 spiro atoms. The van der Waals surface area contributed by atoms with Gasteiger partial charge in [0.1, 0.15) is 0 Å². The van der Waals surface area contributed by atoms with Gasteiger partial charge >= 0.3 is 0 Å². The zero-order valence-corrected chi connectivity index (χ0v) is 15.0. The van der Waals surface area contributed by atoms with Gasteiger partial charge in [-0.2, -0.15) is 4.98 Å². The second-order valence-corrected chi connectivity index (χ2v) is 7.47. The fourth-order valence-electron chi connectivity index (χ4n) is 3.62. The van der Waals surface area contributed by atoms with E-state index in [9.17, 15) is 14.7 Å². The molecule has 0 radical (unpaired) electrons. The van der Waals surface area contributed by atoms with Gasteiger partial charge in [-0.25, -0.2) is 0 Å². The quantitative estimate of drug-likeness (QED) is 0.545. The molecule has 134 valence electrons. The third-order valence-corrected chi connectivity index (χ3v) is 5.56. The summed E-state index contributed by atoms with van der Waals surface area (Å²) in [5.41, 5.74) is 3.04. The van der Waals surface area contributed by atoms with E-state index in [1.165, 1.54) is 29.1 Å². The summed E-state index contributed by atoms with van der Waals surface area (Å²) >= 11 is 1.26. The Morgan fingerprint density at radius 1 is 1.27 bits per heavy atom. The lowest BCUT2D eigenvalue weighted by Crippen LogP contribution is -2.17. The Morgan fingerprint density at radius 3 is 2.92 bits per heavy atom. The van der Waals surface area contributed by atoms with Crippen LogP contribution in [0.1, 0.15) is 35.3 Å². The number of aromatic nitrogens is 3. The first-order valence-corrected chi connectivity index (χ1v) is 9.69. The molecule has 0 saturated heterocycles. The van der Waals surface area contributed by atoms with Gasteiger partial charge in [0, 0.05) is 23.3 Å². The smallest absolute Gasteiger partial charge is 0.255 e. The highest BCUT2D eigenvalue weighted by Crippen LogP contribution is 2.32. The highest BCUT2D eigenvalue weighted by atomic mass is 32.2. The van der Waals surface area contributed by atoms with Crippen molar-refractivity contribution < 1.29 is 9.90 Å². The summed E-state index contributed by atoms with van der Waals surface area (Å²) in [6, 6.07) is 9.11. The van der Waals surface area contributed by atoms with E-state index in [1.54, 1.807) is 0 Å². The standard InChI is InChI=1S/C19H19N3O3S/c23-16-11-17(24)21-19(20-16)26-10-9-18(25)22-14-7-3-1-5-12(14)13-6-2-4-8-15(13)22/h1,3,5,7,11H,2,4,6,8-10H2,(H2,20,21,23,24). The Hall–Kier alpha value is -2.54. The number of hydrogen-bond donors (Lipinski definition) is 2. The van der Waals surface area contributed by atoms with Gasteiger partial charge in [-0.3, -0.25) is 14.2 Å². The number of H-pyrrole nitrogens is 1. The van der Waals surface area contributed by atoms with Crippen molar-refractivity contribution in [2.45, 2.75) is 37.3 Å². The monoisotopic (exact) mass is 369 g/mol. The van der Waals surface area contributed by atoms with Gasteiger partial charge in [0.05, 0.1) is 11.6 Å². The van der Waals surface area contributed by atoms with Crippen LogP contribution >= 0.6 is 11.8 Å². The number of benzene rings is 1. The van der Waals surface area contributed by atoms with Crippen molar-refractivity contribution in [3.63, 3.8) is 0 Å². The summed E-state index contributed by atoms with van der Waals surface area (Å²) in [7, 11) is 0. The van der Waals surface area contributed by atoms with E-state index in [0.717, 1.165) is 36.5 Å².